The fraction of sp³-hybridized carbons (Fsp3) is 0.400. The van der Waals surface area contributed by atoms with E-state index in [1.54, 1.807) is 6.92 Å². The van der Waals surface area contributed by atoms with Crippen LogP contribution in [0.15, 0.2) is 28.8 Å². The fourth-order valence-corrected chi connectivity index (χ4v) is 2.58. The molecule has 0 radical (unpaired) electrons. The van der Waals surface area contributed by atoms with Gasteiger partial charge in [0.2, 0.25) is 5.89 Å². The number of nitrogens with zero attached hydrogens (tertiary/aromatic N) is 2. The summed E-state index contributed by atoms with van der Waals surface area (Å²) in [4.78, 5) is 15.7. The van der Waals surface area contributed by atoms with Crippen LogP contribution in [0.5, 0.6) is 0 Å². The molecule has 0 saturated heterocycles. The summed E-state index contributed by atoms with van der Waals surface area (Å²) in [5, 5.41) is 4.00. The van der Waals surface area contributed by atoms with Crippen LogP contribution in [0.1, 0.15) is 35.7 Å². The molecule has 0 spiro atoms. The molecule has 0 bridgehead atoms. The van der Waals surface area contributed by atoms with Gasteiger partial charge in [-0.25, -0.2) is 0 Å². The van der Waals surface area contributed by atoms with E-state index in [4.69, 9.17) is 9.26 Å². The molecule has 2 aromatic rings. The monoisotopic (exact) mass is 272 g/mol. The molecule has 0 unspecified atom stereocenters. The Kier molecular flexibility index (Phi) is 3.50. The predicted molar refractivity (Wildman–Crippen MR) is 71.2 cm³/mol. The molecule has 0 aliphatic heterocycles. The molecule has 1 aliphatic rings. The standard InChI is InChI=1S/C15H16N2O3/c1-2-19-14(18)9-13-16-15(17-20-13)12-7-10-5-3-4-6-11(10)8-12/h3-6,12H,2,7-9H2,1H3. The van der Waals surface area contributed by atoms with Crippen molar-refractivity contribution in [3.05, 3.63) is 47.1 Å². The van der Waals surface area contributed by atoms with Crippen molar-refractivity contribution < 1.29 is 14.1 Å². The van der Waals surface area contributed by atoms with Gasteiger partial charge in [-0.3, -0.25) is 4.79 Å². The zero-order valence-electron chi connectivity index (χ0n) is 11.3. The van der Waals surface area contributed by atoms with Crippen molar-refractivity contribution in [2.24, 2.45) is 0 Å². The highest BCUT2D eigenvalue weighted by Gasteiger charge is 2.26. The maximum absolute atomic E-state index is 11.4. The second-order valence-corrected chi connectivity index (χ2v) is 4.90. The van der Waals surface area contributed by atoms with E-state index in [9.17, 15) is 4.79 Å². The largest absolute Gasteiger partial charge is 0.466 e. The van der Waals surface area contributed by atoms with Gasteiger partial charge in [-0.2, -0.15) is 4.98 Å². The Bertz CT molecular complexity index is 596. The van der Waals surface area contributed by atoms with Gasteiger partial charge in [-0.05, 0) is 30.9 Å². The van der Waals surface area contributed by atoms with Crippen LogP contribution < -0.4 is 0 Å². The van der Waals surface area contributed by atoms with Gasteiger partial charge in [0, 0.05) is 5.92 Å². The van der Waals surface area contributed by atoms with E-state index in [2.05, 4.69) is 22.3 Å². The van der Waals surface area contributed by atoms with Gasteiger partial charge in [-0.15, -0.1) is 0 Å². The molecule has 1 heterocycles. The number of esters is 1. The average Bonchev–Trinajstić information content (AvgIpc) is 3.04. The van der Waals surface area contributed by atoms with E-state index in [-0.39, 0.29) is 18.3 Å². The topological polar surface area (TPSA) is 65.2 Å². The Morgan fingerprint density at radius 1 is 1.35 bits per heavy atom. The summed E-state index contributed by atoms with van der Waals surface area (Å²) in [7, 11) is 0. The van der Waals surface area contributed by atoms with E-state index in [1.165, 1.54) is 11.1 Å². The Hall–Kier alpha value is -2.17. The molecular weight excluding hydrogens is 256 g/mol. The van der Waals surface area contributed by atoms with Gasteiger partial charge in [0.1, 0.15) is 6.42 Å². The lowest BCUT2D eigenvalue weighted by molar-refractivity contribution is -0.142. The summed E-state index contributed by atoms with van der Waals surface area (Å²) >= 11 is 0. The van der Waals surface area contributed by atoms with E-state index >= 15 is 0 Å². The first kappa shape index (κ1) is 12.8. The second kappa shape index (κ2) is 5.45. The third-order valence-corrected chi connectivity index (χ3v) is 3.50. The van der Waals surface area contributed by atoms with Crippen LogP contribution in [0.25, 0.3) is 0 Å². The highest BCUT2D eigenvalue weighted by Crippen LogP contribution is 2.32. The van der Waals surface area contributed by atoms with Crippen molar-refractivity contribution in [1.29, 1.82) is 0 Å². The SMILES string of the molecule is CCOC(=O)Cc1nc(C2Cc3ccccc3C2)no1. The third kappa shape index (κ3) is 2.57. The number of benzene rings is 1. The Labute approximate surface area is 116 Å². The van der Waals surface area contributed by atoms with Crippen LogP contribution in [-0.2, 0) is 28.8 Å². The lowest BCUT2D eigenvalue weighted by Gasteiger charge is -2.00. The third-order valence-electron chi connectivity index (χ3n) is 3.50. The molecule has 0 saturated carbocycles. The predicted octanol–water partition coefficient (Wildman–Crippen LogP) is 2.06. The Morgan fingerprint density at radius 2 is 2.05 bits per heavy atom. The lowest BCUT2D eigenvalue weighted by atomic mass is 10.1. The molecule has 0 fully saturated rings. The van der Waals surface area contributed by atoms with E-state index in [0.29, 0.717) is 18.3 Å². The van der Waals surface area contributed by atoms with Crippen LogP contribution in [0.2, 0.25) is 0 Å². The van der Waals surface area contributed by atoms with Crippen molar-refractivity contribution in [2.75, 3.05) is 6.61 Å². The van der Waals surface area contributed by atoms with Crippen LogP contribution in [0.4, 0.5) is 0 Å². The van der Waals surface area contributed by atoms with Gasteiger partial charge >= 0.3 is 5.97 Å². The van der Waals surface area contributed by atoms with Crippen molar-refractivity contribution in [3.8, 4) is 0 Å². The minimum atomic E-state index is -0.336. The molecule has 0 N–H and O–H groups in total. The quantitative estimate of drug-likeness (QED) is 0.797. The maximum Gasteiger partial charge on any atom is 0.315 e. The molecule has 1 aromatic heterocycles. The number of fused-ring (bicyclic) bond motifs is 1. The molecule has 5 heteroatoms. The Morgan fingerprint density at radius 3 is 2.70 bits per heavy atom. The minimum absolute atomic E-state index is 0.0422. The fourth-order valence-electron chi connectivity index (χ4n) is 2.58. The summed E-state index contributed by atoms with van der Waals surface area (Å²) in [5.74, 6) is 0.916. The van der Waals surface area contributed by atoms with Crippen molar-refractivity contribution in [2.45, 2.75) is 32.1 Å². The van der Waals surface area contributed by atoms with Crippen LogP contribution in [-0.4, -0.2) is 22.7 Å². The number of aromatic nitrogens is 2. The van der Waals surface area contributed by atoms with Crippen molar-refractivity contribution in [1.82, 2.24) is 10.1 Å². The van der Waals surface area contributed by atoms with Crippen LogP contribution in [0, 0.1) is 0 Å². The molecule has 0 amide bonds. The number of rotatable bonds is 4. The Balaban J connectivity index is 1.68. The number of carbonyl (C=O) groups excluding carboxylic acids is 1. The van der Waals surface area contributed by atoms with Gasteiger partial charge in [0.25, 0.3) is 0 Å². The minimum Gasteiger partial charge on any atom is -0.466 e. The number of hydrogen-bond donors (Lipinski definition) is 0. The van der Waals surface area contributed by atoms with Crippen LogP contribution in [0.3, 0.4) is 0 Å². The first-order chi connectivity index (χ1) is 9.76. The molecule has 1 aliphatic carbocycles. The first-order valence-electron chi connectivity index (χ1n) is 6.81. The molecule has 3 rings (SSSR count). The first-order valence-corrected chi connectivity index (χ1v) is 6.81. The number of carbonyl (C=O) groups is 1. The molecule has 104 valence electrons. The maximum atomic E-state index is 11.4. The van der Waals surface area contributed by atoms with Gasteiger partial charge in [-0.1, -0.05) is 29.4 Å². The lowest BCUT2D eigenvalue weighted by Crippen LogP contribution is -2.08. The van der Waals surface area contributed by atoms with Crippen molar-refractivity contribution in [3.63, 3.8) is 0 Å². The second-order valence-electron chi connectivity index (χ2n) is 4.90. The van der Waals surface area contributed by atoms with Gasteiger partial charge in [0.15, 0.2) is 5.82 Å². The summed E-state index contributed by atoms with van der Waals surface area (Å²) in [6.45, 7) is 2.13. The number of hydrogen-bond acceptors (Lipinski definition) is 5. The zero-order chi connectivity index (χ0) is 13.9. The van der Waals surface area contributed by atoms with Crippen molar-refractivity contribution >= 4 is 5.97 Å². The van der Waals surface area contributed by atoms with Gasteiger partial charge < -0.3 is 9.26 Å². The highest BCUT2D eigenvalue weighted by atomic mass is 16.5. The highest BCUT2D eigenvalue weighted by molar-refractivity contribution is 5.71. The van der Waals surface area contributed by atoms with Crippen LogP contribution >= 0.6 is 0 Å². The molecular formula is C15H16N2O3. The summed E-state index contributed by atoms with van der Waals surface area (Å²) in [6, 6.07) is 8.36. The van der Waals surface area contributed by atoms with Gasteiger partial charge in [0.05, 0.1) is 6.61 Å². The smallest absolute Gasteiger partial charge is 0.315 e. The summed E-state index contributed by atoms with van der Waals surface area (Å²) in [6.07, 6.45) is 1.89. The average molecular weight is 272 g/mol. The molecule has 20 heavy (non-hydrogen) atoms. The molecule has 1 aromatic carbocycles. The summed E-state index contributed by atoms with van der Waals surface area (Å²) < 4.78 is 10.00. The molecule has 0 atom stereocenters. The van der Waals surface area contributed by atoms with E-state index in [1.807, 2.05) is 12.1 Å². The normalized spacial score (nSPS) is 14.2. The van der Waals surface area contributed by atoms with E-state index < -0.39 is 0 Å². The number of ether oxygens (including phenoxy) is 1. The molecule has 5 nitrogen and oxygen atoms in total. The van der Waals surface area contributed by atoms with E-state index in [0.717, 1.165) is 12.8 Å². The zero-order valence-corrected chi connectivity index (χ0v) is 11.3. The summed E-state index contributed by atoms with van der Waals surface area (Å²) in [5.41, 5.74) is 2.68.